The first-order valence-corrected chi connectivity index (χ1v) is 19.2. The van der Waals surface area contributed by atoms with Crippen LogP contribution >= 0.6 is 0 Å². The number of pyridine rings is 1. The maximum atomic E-state index is 14.2. The summed E-state index contributed by atoms with van der Waals surface area (Å²) in [5.74, 6) is 2.08. The van der Waals surface area contributed by atoms with Crippen LogP contribution in [-0.4, -0.2) is 57.1 Å². The number of amides is 2. The van der Waals surface area contributed by atoms with Crippen molar-refractivity contribution in [3.8, 4) is 22.9 Å². The average Bonchev–Trinajstić information content (AvgIpc) is 3.78. The predicted molar refractivity (Wildman–Crippen MR) is 219 cm³/mol. The van der Waals surface area contributed by atoms with Gasteiger partial charge in [0.05, 0.1) is 17.4 Å². The summed E-state index contributed by atoms with van der Waals surface area (Å²) in [7, 11) is 0. The lowest BCUT2D eigenvalue weighted by molar-refractivity contribution is -0.114. The van der Waals surface area contributed by atoms with E-state index < -0.39 is 5.82 Å². The topological polar surface area (TPSA) is 120 Å². The van der Waals surface area contributed by atoms with Gasteiger partial charge in [-0.2, -0.15) is 0 Å². The summed E-state index contributed by atoms with van der Waals surface area (Å²) in [6.45, 7) is 16.5. The minimum absolute atomic E-state index is 0.178. The van der Waals surface area contributed by atoms with E-state index in [1.807, 2.05) is 32.2 Å². The number of nitrogens with one attached hydrogen (secondary N) is 2. The number of amidine groups is 1. The van der Waals surface area contributed by atoms with Gasteiger partial charge in [-0.05, 0) is 81.1 Å². The number of fused-ring (bicyclic) bond motifs is 4. The number of hydrogen-bond acceptors (Lipinski definition) is 7. The Morgan fingerprint density at radius 3 is 2.55 bits per heavy atom. The van der Waals surface area contributed by atoms with Gasteiger partial charge < -0.3 is 24.5 Å². The zero-order valence-electron chi connectivity index (χ0n) is 32.4. The largest absolute Gasteiger partial charge is 0.452 e. The molecule has 8 rings (SSSR count). The fourth-order valence-corrected chi connectivity index (χ4v) is 7.52. The zero-order valence-corrected chi connectivity index (χ0v) is 32.4. The predicted octanol–water partition coefficient (Wildman–Crippen LogP) is 9.97. The number of benzene rings is 2. The SMILES string of the molecule is C=CCC1(CCC)CN(C2=NC=C(C)CC2)C1.CC.CC(=O)Nc1ccc(C(=O)N2CCc3cc(-c4nc5c(F)cccc5[nH]4)oc3-c3ccncc32)cc1. The first-order chi connectivity index (χ1) is 26.7. The number of H-pyrrole nitrogens is 1. The molecule has 0 aliphatic carbocycles. The Kier molecular flexibility index (Phi) is 12.1. The van der Waals surface area contributed by atoms with E-state index in [0.29, 0.717) is 58.2 Å². The summed E-state index contributed by atoms with van der Waals surface area (Å²) < 4.78 is 20.4. The van der Waals surface area contributed by atoms with E-state index in [1.54, 1.807) is 53.7 Å². The number of anilines is 2. The fourth-order valence-electron chi connectivity index (χ4n) is 7.52. The van der Waals surface area contributed by atoms with Crippen molar-refractivity contribution < 1.29 is 18.4 Å². The molecule has 5 aromatic rings. The summed E-state index contributed by atoms with van der Waals surface area (Å²) in [6, 6.07) is 15.2. The molecular formula is C44H50FN7O3. The molecule has 2 amide bonds. The number of furan rings is 1. The van der Waals surface area contributed by atoms with Gasteiger partial charge in [0, 0.05) is 73.2 Å². The highest BCUT2D eigenvalue weighted by molar-refractivity contribution is 6.08. The molecule has 55 heavy (non-hydrogen) atoms. The van der Waals surface area contributed by atoms with Crippen molar-refractivity contribution in [2.45, 2.75) is 73.1 Å². The van der Waals surface area contributed by atoms with Crippen molar-refractivity contribution in [1.29, 1.82) is 0 Å². The Morgan fingerprint density at radius 1 is 1.09 bits per heavy atom. The number of carbonyl (C=O) groups is 2. The minimum Gasteiger partial charge on any atom is -0.452 e. The summed E-state index contributed by atoms with van der Waals surface area (Å²) in [5, 5.41) is 2.70. The summed E-state index contributed by atoms with van der Waals surface area (Å²) in [6.07, 6.45) is 14.0. The summed E-state index contributed by atoms with van der Waals surface area (Å²) >= 11 is 0. The van der Waals surface area contributed by atoms with Crippen LogP contribution in [0.5, 0.6) is 0 Å². The van der Waals surface area contributed by atoms with E-state index in [2.05, 4.69) is 56.7 Å². The third kappa shape index (κ3) is 8.46. The number of halogens is 1. The van der Waals surface area contributed by atoms with Crippen LogP contribution in [0.1, 0.15) is 82.6 Å². The molecule has 10 nitrogen and oxygen atoms in total. The van der Waals surface area contributed by atoms with Gasteiger partial charge in [-0.25, -0.2) is 14.4 Å². The monoisotopic (exact) mass is 743 g/mol. The Bertz CT molecular complexity index is 2230. The molecule has 1 saturated heterocycles. The van der Waals surface area contributed by atoms with Gasteiger partial charge in [0.25, 0.3) is 5.91 Å². The molecule has 0 bridgehead atoms. The molecule has 286 valence electrons. The van der Waals surface area contributed by atoms with Crippen LogP contribution in [0.2, 0.25) is 0 Å². The van der Waals surface area contributed by atoms with Crippen molar-refractivity contribution in [3.63, 3.8) is 0 Å². The van der Waals surface area contributed by atoms with Crippen molar-refractivity contribution in [2.24, 2.45) is 10.4 Å². The average molecular weight is 744 g/mol. The first kappa shape index (κ1) is 38.9. The second-order valence-corrected chi connectivity index (χ2v) is 14.2. The number of aliphatic imine (C=N–C) groups is 1. The van der Waals surface area contributed by atoms with Gasteiger partial charge in [0.2, 0.25) is 5.91 Å². The molecule has 11 heteroatoms. The molecule has 2 aromatic carbocycles. The molecule has 0 saturated carbocycles. The van der Waals surface area contributed by atoms with Crippen molar-refractivity contribution in [3.05, 3.63) is 108 Å². The molecule has 0 radical (unpaired) electrons. The van der Waals surface area contributed by atoms with Crippen molar-refractivity contribution in [1.82, 2.24) is 19.9 Å². The Hall–Kier alpha value is -5.84. The normalized spacial score (nSPS) is 15.4. The molecule has 1 fully saturated rings. The highest BCUT2D eigenvalue weighted by Gasteiger charge is 2.42. The van der Waals surface area contributed by atoms with Crippen LogP contribution in [0.25, 0.3) is 33.9 Å². The van der Waals surface area contributed by atoms with Crippen LogP contribution in [0.3, 0.4) is 0 Å². The van der Waals surface area contributed by atoms with Gasteiger partial charge in [-0.1, -0.05) is 44.9 Å². The Labute approximate surface area is 322 Å². The van der Waals surface area contributed by atoms with Gasteiger partial charge >= 0.3 is 0 Å². The van der Waals surface area contributed by atoms with Gasteiger partial charge in [-0.15, -0.1) is 6.58 Å². The molecule has 3 aromatic heterocycles. The lowest BCUT2D eigenvalue weighted by atomic mass is 9.73. The van der Waals surface area contributed by atoms with Crippen molar-refractivity contribution in [2.75, 3.05) is 29.9 Å². The highest BCUT2D eigenvalue weighted by Crippen LogP contribution is 2.41. The van der Waals surface area contributed by atoms with E-state index in [4.69, 9.17) is 4.42 Å². The second kappa shape index (κ2) is 17.1. The lowest BCUT2D eigenvalue weighted by Gasteiger charge is -2.52. The minimum atomic E-state index is -0.404. The third-order valence-electron chi connectivity index (χ3n) is 10.1. The second-order valence-electron chi connectivity index (χ2n) is 14.2. The lowest BCUT2D eigenvalue weighted by Crippen LogP contribution is -2.58. The maximum absolute atomic E-state index is 14.2. The number of allylic oxidation sites excluding steroid dienone is 2. The van der Waals surface area contributed by atoms with Crippen LogP contribution in [0, 0.1) is 11.2 Å². The number of aromatic amines is 1. The third-order valence-corrected chi connectivity index (χ3v) is 10.1. The molecule has 0 atom stereocenters. The number of imidazole rings is 1. The Morgan fingerprint density at radius 2 is 1.87 bits per heavy atom. The molecule has 2 N–H and O–H groups in total. The van der Waals surface area contributed by atoms with E-state index in [-0.39, 0.29) is 17.3 Å². The van der Waals surface area contributed by atoms with Gasteiger partial charge in [-0.3, -0.25) is 14.6 Å². The van der Waals surface area contributed by atoms with E-state index in [9.17, 15) is 14.0 Å². The Balaban J connectivity index is 0.000000227. The number of carbonyl (C=O) groups excluding carboxylic acids is 2. The fraction of sp³-hybridized carbons (Fsp3) is 0.341. The van der Waals surface area contributed by atoms with Gasteiger partial charge in [0.15, 0.2) is 17.4 Å². The first-order valence-electron chi connectivity index (χ1n) is 19.2. The quantitative estimate of drug-likeness (QED) is 0.160. The molecule has 3 aliphatic rings. The van der Waals surface area contributed by atoms with Gasteiger partial charge in [0.1, 0.15) is 17.1 Å². The standard InChI is InChI=1S/C27H20FN5O3.C15H24N2.C2H6/c1-15(34)30-18-7-5-16(6-8-18)27(35)33-12-10-17-13-23(36-25(17)19-9-11-29-14-22(19)33)26-31-21-4-2-3-20(28)24(21)32-26;1-4-8-15(9-5-2)11-17(12-15)14-7-6-13(3)10-16-14;1-2/h2-9,11,13-14H,10,12H2,1H3,(H,30,34)(H,31,32);4,10H,1,5-9,11-12H2,2-3H3;1-2H3. The molecular weight excluding hydrogens is 694 g/mol. The van der Waals surface area contributed by atoms with Crippen molar-refractivity contribution >= 4 is 40.1 Å². The summed E-state index contributed by atoms with van der Waals surface area (Å²) in [4.78, 5) is 45.2. The zero-order chi connectivity index (χ0) is 39.1. The maximum Gasteiger partial charge on any atom is 0.258 e. The molecule has 0 unspecified atom stereocenters. The number of aromatic nitrogens is 3. The molecule has 6 heterocycles. The number of hydrogen-bond donors (Lipinski definition) is 2. The summed E-state index contributed by atoms with van der Waals surface area (Å²) in [5.41, 5.74) is 6.12. The van der Waals surface area contributed by atoms with Crippen LogP contribution in [0.15, 0.2) is 101 Å². The molecule has 3 aliphatic heterocycles. The number of para-hydroxylation sites is 1. The number of nitrogens with zero attached hydrogens (tertiary/aromatic N) is 5. The highest BCUT2D eigenvalue weighted by atomic mass is 19.1. The van der Waals surface area contributed by atoms with Crippen LogP contribution < -0.4 is 10.2 Å². The van der Waals surface area contributed by atoms with E-state index in [0.717, 1.165) is 24.0 Å². The smallest absolute Gasteiger partial charge is 0.258 e. The van der Waals surface area contributed by atoms with E-state index >= 15 is 0 Å². The van der Waals surface area contributed by atoms with Crippen LogP contribution in [0.4, 0.5) is 15.8 Å². The van der Waals surface area contributed by atoms with Crippen LogP contribution in [-0.2, 0) is 11.2 Å². The number of rotatable bonds is 7. The molecule has 0 spiro atoms. The van der Waals surface area contributed by atoms with E-state index in [1.165, 1.54) is 56.8 Å². The number of likely N-dealkylation sites (tertiary alicyclic amines) is 1.